The Morgan fingerprint density at radius 3 is 1.90 bits per heavy atom. The number of fused-ring (bicyclic) bond motifs is 1. The van der Waals surface area contributed by atoms with E-state index in [1.54, 1.807) is 12.4 Å². The van der Waals surface area contributed by atoms with Gasteiger partial charge in [-0.05, 0) is 44.1 Å². The van der Waals surface area contributed by atoms with Crippen LogP contribution in [0.4, 0.5) is 13.2 Å². The fraction of sp³-hybridized carbons (Fsp3) is 0.720. The lowest BCUT2D eigenvalue weighted by atomic mass is 10.1. The number of rotatable bonds is 16. The Labute approximate surface area is 186 Å². The van der Waals surface area contributed by atoms with Gasteiger partial charge in [-0.15, -0.1) is 0 Å². The van der Waals surface area contributed by atoms with E-state index in [2.05, 4.69) is 23.7 Å². The molecule has 0 bridgehead atoms. The molecule has 176 valence electrons. The summed E-state index contributed by atoms with van der Waals surface area (Å²) < 4.78 is 41.0. The largest absolute Gasteiger partial charge is 0.416 e. The van der Waals surface area contributed by atoms with Crippen LogP contribution < -0.4 is 0 Å². The number of unbranched alkanes of at least 4 members (excludes halogenated alkanes) is 10. The molecule has 2 aromatic rings. The topological polar surface area (TPSA) is 21.1 Å². The molecule has 0 spiro atoms. The number of halogens is 3. The second kappa shape index (κ2) is 13.8. The quantitative estimate of drug-likeness (QED) is 0.247. The molecule has 0 atom stereocenters. The zero-order valence-corrected chi connectivity index (χ0v) is 19.4. The second-order valence-corrected chi connectivity index (χ2v) is 8.71. The second-order valence-electron chi connectivity index (χ2n) is 8.71. The third-order valence-corrected chi connectivity index (χ3v) is 5.96. The third-order valence-electron chi connectivity index (χ3n) is 5.96. The Balaban J connectivity index is 1.94. The van der Waals surface area contributed by atoms with Gasteiger partial charge in [0.15, 0.2) is 0 Å². The predicted octanol–water partition coefficient (Wildman–Crippen LogP) is 8.04. The molecule has 0 radical (unpaired) electrons. The van der Waals surface area contributed by atoms with Crippen LogP contribution in [0.2, 0.25) is 0 Å². The molecule has 0 aliphatic heterocycles. The van der Waals surface area contributed by atoms with E-state index in [0.29, 0.717) is 12.2 Å². The van der Waals surface area contributed by atoms with Crippen molar-refractivity contribution < 1.29 is 13.2 Å². The van der Waals surface area contributed by atoms with Crippen LogP contribution in [0.25, 0.3) is 11.0 Å². The summed E-state index contributed by atoms with van der Waals surface area (Å²) in [5.41, 5.74) is 0.541. The Morgan fingerprint density at radius 1 is 0.806 bits per heavy atom. The SMILES string of the molecule is CCCCCCCCN(CCCCCCCC)Cn1cnc2cc(C(F)(F)F)ccc21. The van der Waals surface area contributed by atoms with Crippen molar-refractivity contribution in [3.63, 3.8) is 0 Å². The van der Waals surface area contributed by atoms with E-state index in [1.165, 1.54) is 77.0 Å². The van der Waals surface area contributed by atoms with Crippen molar-refractivity contribution >= 4 is 11.0 Å². The molecule has 1 aromatic heterocycles. The molecule has 1 aromatic carbocycles. The number of imidazole rings is 1. The molecule has 6 heteroatoms. The molecule has 0 fully saturated rings. The highest BCUT2D eigenvalue weighted by atomic mass is 19.4. The maximum atomic E-state index is 13.0. The summed E-state index contributed by atoms with van der Waals surface area (Å²) in [5, 5.41) is 0. The van der Waals surface area contributed by atoms with Gasteiger partial charge < -0.3 is 4.57 Å². The highest BCUT2D eigenvalue weighted by Gasteiger charge is 2.30. The van der Waals surface area contributed by atoms with Gasteiger partial charge in [0.2, 0.25) is 0 Å². The van der Waals surface area contributed by atoms with Crippen molar-refractivity contribution in [2.24, 2.45) is 0 Å². The lowest BCUT2D eigenvalue weighted by Crippen LogP contribution is -2.28. The van der Waals surface area contributed by atoms with Gasteiger partial charge in [-0.1, -0.05) is 78.1 Å². The first-order valence-electron chi connectivity index (χ1n) is 12.2. The van der Waals surface area contributed by atoms with Crippen molar-refractivity contribution in [2.75, 3.05) is 13.1 Å². The lowest BCUT2D eigenvalue weighted by Gasteiger charge is -2.23. The summed E-state index contributed by atoms with van der Waals surface area (Å²) in [6.45, 7) is 7.21. The number of hydrogen-bond donors (Lipinski definition) is 0. The van der Waals surface area contributed by atoms with E-state index in [-0.39, 0.29) is 0 Å². The molecule has 0 aliphatic rings. The minimum Gasteiger partial charge on any atom is -0.317 e. The van der Waals surface area contributed by atoms with Gasteiger partial charge in [-0.3, -0.25) is 4.90 Å². The van der Waals surface area contributed by atoms with Gasteiger partial charge in [0.25, 0.3) is 0 Å². The molecule has 0 saturated heterocycles. The number of aromatic nitrogens is 2. The fourth-order valence-electron chi connectivity index (χ4n) is 4.05. The van der Waals surface area contributed by atoms with Crippen LogP contribution in [0.15, 0.2) is 24.5 Å². The summed E-state index contributed by atoms with van der Waals surface area (Å²) in [6, 6.07) is 3.86. The monoisotopic (exact) mass is 439 g/mol. The van der Waals surface area contributed by atoms with Crippen LogP contribution >= 0.6 is 0 Å². The van der Waals surface area contributed by atoms with Crippen LogP contribution in [0.5, 0.6) is 0 Å². The highest BCUT2D eigenvalue weighted by molar-refractivity contribution is 5.76. The molecule has 3 nitrogen and oxygen atoms in total. The van der Waals surface area contributed by atoms with Gasteiger partial charge >= 0.3 is 6.18 Å². The standard InChI is InChI=1S/C25H40F3N3/c1-3-5-7-9-11-13-17-30(18-14-12-10-8-6-4-2)21-31-20-29-23-19-22(25(26,27)28)15-16-24(23)31/h15-16,19-20H,3-14,17-18,21H2,1-2H3. The Morgan fingerprint density at radius 2 is 1.35 bits per heavy atom. The molecule has 2 rings (SSSR count). The van der Waals surface area contributed by atoms with Gasteiger partial charge in [-0.25, -0.2) is 4.98 Å². The molecular weight excluding hydrogens is 399 g/mol. The molecule has 0 saturated carbocycles. The summed E-state index contributed by atoms with van der Waals surface area (Å²) >= 11 is 0. The Hall–Kier alpha value is -1.56. The predicted molar refractivity (Wildman–Crippen MR) is 123 cm³/mol. The molecule has 0 N–H and O–H groups in total. The first-order valence-corrected chi connectivity index (χ1v) is 12.2. The number of hydrogen-bond acceptors (Lipinski definition) is 2. The van der Waals surface area contributed by atoms with Gasteiger partial charge in [0, 0.05) is 0 Å². The molecule has 1 heterocycles. The minimum atomic E-state index is -4.33. The summed E-state index contributed by atoms with van der Waals surface area (Å²) in [4.78, 5) is 6.69. The van der Waals surface area contributed by atoms with E-state index >= 15 is 0 Å². The normalized spacial score (nSPS) is 12.3. The number of nitrogens with zero attached hydrogens (tertiary/aromatic N) is 3. The zero-order valence-electron chi connectivity index (χ0n) is 19.4. The van der Waals surface area contributed by atoms with Crippen LogP contribution in [0.3, 0.4) is 0 Å². The van der Waals surface area contributed by atoms with E-state index in [1.807, 2.05) is 4.57 Å². The third kappa shape index (κ3) is 9.22. The molecular formula is C25H40F3N3. The summed E-state index contributed by atoms with van der Waals surface area (Å²) in [6.07, 6.45) is 12.5. The van der Waals surface area contributed by atoms with Gasteiger partial charge in [0.1, 0.15) is 0 Å². The highest BCUT2D eigenvalue weighted by Crippen LogP contribution is 2.31. The van der Waals surface area contributed by atoms with Crippen molar-refractivity contribution in [3.8, 4) is 0 Å². The van der Waals surface area contributed by atoms with Crippen molar-refractivity contribution in [1.29, 1.82) is 0 Å². The van der Waals surface area contributed by atoms with Crippen LogP contribution in [0, 0.1) is 0 Å². The van der Waals surface area contributed by atoms with Crippen LogP contribution in [-0.2, 0) is 12.8 Å². The average molecular weight is 440 g/mol. The molecule has 0 aliphatic carbocycles. The maximum Gasteiger partial charge on any atom is 0.416 e. The van der Waals surface area contributed by atoms with Crippen LogP contribution in [0.1, 0.15) is 96.5 Å². The Kier molecular flexibility index (Phi) is 11.4. The average Bonchev–Trinajstić information content (AvgIpc) is 3.14. The van der Waals surface area contributed by atoms with Gasteiger partial charge in [0.05, 0.1) is 29.6 Å². The maximum absolute atomic E-state index is 13.0. The Bertz CT molecular complexity index is 723. The first-order chi connectivity index (χ1) is 15.0. The molecule has 0 unspecified atom stereocenters. The van der Waals surface area contributed by atoms with Crippen molar-refractivity contribution in [1.82, 2.24) is 14.5 Å². The number of alkyl halides is 3. The van der Waals surface area contributed by atoms with Crippen molar-refractivity contribution in [2.45, 2.75) is 104 Å². The van der Waals surface area contributed by atoms with Gasteiger partial charge in [-0.2, -0.15) is 13.2 Å². The lowest BCUT2D eigenvalue weighted by molar-refractivity contribution is -0.137. The van der Waals surface area contributed by atoms with Crippen molar-refractivity contribution in [3.05, 3.63) is 30.1 Å². The minimum absolute atomic E-state index is 0.411. The first kappa shape index (κ1) is 25.7. The van der Waals surface area contributed by atoms with E-state index in [0.717, 1.165) is 30.7 Å². The number of benzene rings is 1. The smallest absolute Gasteiger partial charge is 0.317 e. The van der Waals surface area contributed by atoms with E-state index < -0.39 is 11.7 Å². The van der Waals surface area contributed by atoms with Crippen LogP contribution in [-0.4, -0.2) is 27.5 Å². The van der Waals surface area contributed by atoms with E-state index in [4.69, 9.17) is 0 Å². The summed E-state index contributed by atoms with van der Waals surface area (Å²) in [5.74, 6) is 0. The fourth-order valence-corrected chi connectivity index (χ4v) is 4.05. The molecule has 0 amide bonds. The van der Waals surface area contributed by atoms with E-state index in [9.17, 15) is 13.2 Å². The zero-order chi connectivity index (χ0) is 22.5. The summed E-state index contributed by atoms with van der Waals surface area (Å²) in [7, 11) is 0. The molecule has 31 heavy (non-hydrogen) atoms.